The van der Waals surface area contributed by atoms with Crippen molar-refractivity contribution in [2.45, 2.75) is 25.3 Å². The highest BCUT2D eigenvalue weighted by Gasteiger charge is 2.04. The van der Waals surface area contributed by atoms with Gasteiger partial charge in [-0.1, -0.05) is 36.4 Å². The molecule has 1 aromatic carbocycles. The third-order valence-corrected chi connectivity index (χ3v) is 2.84. The standard InChI is InChI=1S/C15H18N2/c16-14(12-13-6-2-1-3-7-13)9-10-15-8-4-5-11-17-15/h1-8,11,14H,9-10,12,16H2. The molecule has 1 aromatic heterocycles. The summed E-state index contributed by atoms with van der Waals surface area (Å²) in [5.74, 6) is 0. The Kier molecular flexibility index (Phi) is 4.28. The van der Waals surface area contributed by atoms with Crippen molar-refractivity contribution in [2.24, 2.45) is 5.73 Å². The predicted octanol–water partition coefficient (Wildman–Crippen LogP) is 2.58. The molecule has 0 saturated carbocycles. The predicted molar refractivity (Wildman–Crippen MR) is 70.7 cm³/mol. The Morgan fingerprint density at radius 3 is 2.47 bits per heavy atom. The van der Waals surface area contributed by atoms with Crippen molar-refractivity contribution in [1.82, 2.24) is 4.98 Å². The number of benzene rings is 1. The molecule has 0 fully saturated rings. The van der Waals surface area contributed by atoms with Crippen molar-refractivity contribution in [2.75, 3.05) is 0 Å². The largest absolute Gasteiger partial charge is 0.327 e. The van der Waals surface area contributed by atoms with Gasteiger partial charge in [0.1, 0.15) is 0 Å². The lowest BCUT2D eigenvalue weighted by molar-refractivity contribution is 0.605. The SMILES string of the molecule is NC(CCc1ccccn1)Cc1ccccc1. The average Bonchev–Trinajstić information content (AvgIpc) is 2.39. The number of nitrogens with two attached hydrogens (primary N) is 1. The van der Waals surface area contributed by atoms with Crippen LogP contribution in [0.1, 0.15) is 17.7 Å². The third-order valence-electron chi connectivity index (χ3n) is 2.84. The van der Waals surface area contributed by atoms with Gasteiger partial charge in [0, 0.05) is 17.9 Å². The monoisotopic (exact) mass is 226 g/mol. The molecule has 2 aromatic rings. The molecule has 2 N–H and O–H groups in total. The molecule has 0 saturated heterocycles. The summed E-state index contributed by atoms with van der Waals surface area (Å²) >= 11 is 0. The van der Waals surface area contributed by atoms with Crippen LogP contribution in [0.25, 0.3) is 0 Å². The Morgan fingerprint density at radius 1 is 1.00 bits per heavy atom. The van der Waals surface area contributed by atoms with Crippen LogP contribution in [0.15, 0.2) is 54.7 Å². The second-order valence-electron chi connectivity index (χ2n) is 4.31. The normalized spacial score (nSPS) is 12.3. The first kappa shape index (κ1) is 11.8. The Balaban J connectivity index is 1.80. The van der Waals surface area contributed by atoms with Crippen LogP contribution < -0.4 is 5.73 Å². The van der Waals surface area contributed by atoms with Gasteiger partial charge < -0.3 is 5.73 Å². The van der Waals surface area contributed by atoms with Gasteiger partial charge in [-0.15, -0.1) is 0 Å². The summed E-state index contributed by atoms with van der Waals surface area (Å²) in [7, 11) is 0. The van der Waals surface area contributed by atoms with E-state index in [-0.39, 0.29) is 6.04 Å². The van der Waals surface area contributed by atoms with Gasteiger partial charge in [0.15, 0.2) is 0 Å². The van der Waals surface area contributed by atoms with Crippen molar-refractivity contribution in [3.63, 3.8) is 0 Å². The van der Waals surface area contributed by atoms with Crippen molar-refractivity contribution in [3.8, 4) is 0 Å². The Morgan fingerprint density at radius 2 is 1.76 bits per heavy atom. The molecule has 88 valence electrons. The quantitative estimate of drug-likeness (QED) is 0.851. The molecule has 1 heterocycles. The zero-order chi connectivity index (χ0) is 11.9. The van der Waals surface area contributed by atoms with E-state index in [0.29, 0.717) is 0 Å². The minimum atomic E-state index is 0.208. The zero-order valence-corrected chi connectivity index (χ0v) is 9.92. The van der Waals surface area contributed by atoms with Crippen LogP contribution >= 0.6 is 0 Å². The third kappa shape index (κ3) is 4.00. The number of aryl methyl sites for hydroxylation is 1. The average molecular weight is 226 g/mol. The Bertz CT molecular complexity index is 425. The van der Waals surface area contributed by atoms with E-state index in [1.54, 1.807) is 0 Å². The van der Waals surface area contributed by atoms with Crippen LogP contribution in [0.4, 0.5) is 0 Å². The molecule has 0 radical (unpaired) electrons. The Hall–Kier alpha value is -1.67. The number of pyridine rings is 1. The molecule has 0 bridgehead atoms. The molecule has 0 aliphatic rings. The molecular formula is C15H18N2. The van der Waals surface area contributed by atoms with Gasteiger partial charge >= 0.3 is 0 Å². The van der Waals surface area contributed by atoms with Crippen LogP contribution in [-0.4, -0.2) is 11.0 Å². The van der Waals surface area contributed by atoms with Gasteiger partial charge in [-0.25, -0.2) is 0 Å². The van der Waals surface area contributed by atoms with Crippen LogP contribution in [-0.2, 0) is 12.8 Å². The molecule has 1 unspecified atom stereocenters. The molecule has 2 heteroatoms. The smallest absolute Gasteiger partial charge is 0.0404 e. The number of aromatic nitrogens is 1. The fourth-order valence-corrected chi connectivity index (χ4v) is 1.90. The van der Waals surface area contributed by atoms with Gasteiger partial charge in [-0.2, -0.15) is 0 Å². The second-order valence-corrected chi connectivity index (χ2v) is 4.31. The van der Waals surface area contributed by atoms with E-state index in [2.05, 4.69) is 35.3 Å². The molecule has 0 spiro atoms. The first-order valence-corrected chi connectivity index (χ1v) is 6.04. The van der Waals surface area contributed by atoms with E-state index in [4.69, 9.17) is 5.73 Å². The fourth-order valence-electron chi connectivity index (χ4n) is 1.90. The van der Waals surface area contributed by atoms with Crippen LogP contribution in [0.3, 0.4) is 0 Å². The molecule has 17 heavy (non-hydrogen) atoms. The van der Waals surface area contributed by atoms with Crippen LogP contribution in [0.2, 0.25) is 0 Å². The fraction of sp³-hybridized carbons (Fsp3) is 0.267. The highest BCUT2D eigenvalue weighted by molar-refractivity contribution is 5.15. The lowest BCUT2D eigenvalue weighted by Crippen LogP contribution is -2.23. The molecule has 0 aliphatic heterocycles. The van der Waals surface area contributed by atoms with E-state index in [1.807, 2.05) is 24.4 Å². The maximum atomic E-state index is 6.13. The number of hydrogen-bond donors (Lipinski definition) is 1. The number of hydrogen-bond acceptors (Lipinski definition) is 2. The first-order valence-electron chi connectivity index (χ1n) is 6.04. The van der Waals surface area contributed by atoms with E-state index < -0.39 is 0 Å². The summed E-state index contributed by atoms with van der Waals surface area (Å²) in [4.78, 5) is 4.30. The van der Waals surface area contributed by atoms with Crippen molar-refractivity contribution in [3.05, 3.63) is 66.0 Å². The molecular weight excluding hydrogens is 208 g/mol. The maximum absolute atomic E-state index is 6.13. The Labute approximate surface area is 103 Å². The minimum absolute atomic E-state index is 0.208. The van der Waals surface area contributed by atoms with Crippen molar-refractivity contribution >= 4 is 0 Å². The zero-order valence-electron chi connectivity index (χ0n) is 9.92. The highest BCUT2D eigenvalue weighted by atomic mass is 14.7. The summed E-state index contributed by atoms with van der Waals surface area (Å²) in [5, 5.41) is 0. The van der Waals surface area contributed by atoms with Crippen LogP contribution in [0, 0.1) is 0 Å². The summed E-state index contributed by atoms with van der Waals surface area (Å²) in [6.45, 7) is 0. The number of nitrogens with zero attached hydrogens (tertiary/aromatic N) is 1. The summed E-state index contributed by atoms with van der Waals surface area (Å²) in [5.41, 5.74) is 8.55. The second kappa shape index (κ2) is 6.16. The van der Waals surface area contributed by atoms with Gasteiger partial charge in [0.05, 0.1) is 0 Å². The highest BCUT2D eigenvalue weighted by Crippen LogP contribution is 2.07. The van der Waals surface area contributed by atoms with Crippen LogP contribution in [0.5, 0.6) is 0 Å². The molecule has 0 amide bonds. The van der Waals surface area contributed by atoms with E-state index in [9.17, 15) is 0 Å². The van der Waals surface area contributed by atoms with Crippen molar-refractivity contribution in [1.29, 1.82) is 0 Å². The molecule has 2 rings (SSSR count). The summed E-state index contributed by atoms with van der Waals surface area (Å²) in [6.07, 6.45) is 4.70. The number of rotatable bonds is 5. The van der Waals surface area contributed by atoms with Gasteiger partial charge in [0.25, 0.3) is 0 Å². The molecule has 2 nitrogen and oxygen atoms in total. The van der Waals surface area contributed by atoms with E-state index in [0.717, 1.165) is 25.0 Å². The maximum Gasteiger partial charge on any atom is 0.0404 e. The lowest BCUT2D eigenvalue weighted by atomic mass is 10.0. The van der Waals surface area contributed by atoms with Gasteiger partial charge in [-0.3, -0.25) is 4.98 Å². The summed E-state index contributed by atoms with van der Waals surface area (Å²) in [6, 6.07) is 16.6. The van der Waals surface area contributed by atoms with Gasteiger partial charge in [0.2, 0.25) is 0 Å². The lowest BCUT2D eigenvalue weighted by Gasteiger charge is -2.11. The van der Waals surface area contributed by atoms with Gasteiger partial charge in [-0.05, 0) is 37.0 Å². The summed E-state index contributed by atoms with van der Waals surface area (Å²) < 4.78 is 0. The van der Waals surface area contributed by atoms with Crippen molar-refractivity contribution < 1.29 is 0 Å². The van der Waals surface area contributed by atoms with E-state index in [1.165, 1.54) is 5.56 Å². The van der Waals surface area contributed by atoms with E-state index >= 15 is 0 Å². The molecule has 1 atom stereocenters. The first-order chi connectivity index (χ1) is 8.34. The minimum Gasteiger partial charge on any atom is -0.327 e. The topological polar surface area (TPSA) is 38.9 Å². The molecule has 0 aliphatic carbocycles.